The number of halogens is 1. The summed E-state index contributed by atoms with van der Waals surface area (Å²) in [5.74, 6) is -2.75. The summed E-state index contributed by atoms with van der Waals surface area (Å²) in [6.45, 7) is 1.82. The molecule has 3 aromatic carbocycles. The van der Waals surface area contributed by atoms with Crippen molar-refractivity contribution in [2.45, 2.75) is 25.5 Å². The van der Waals surface area contributed by atoms with Crippen molar-refractivity contribution in [3.63, 3.8) is 0 Å². The number of hydrogen-bond acceptors (Lipinski definition) is 8. The number of anilines is 3. The predicted octanol–water partition coefficient (Wildman–Crippen LogP) is 4.55. The second kappa shape index (κ2) is 11.7. The van der Waals surface area contributed by atoms with Crippen LogP contribution in [0.25, 0.3) is 0 Å². The number of nitrogens with one attached hydrogen (secondary N) is 1. The van der Waals surface area contributed by atoms with Crippen LogP contribution in [0.3, 0.4) is 0 Å². The van der Waals surface area contributed by atoms with Gasteiger partial charge in [0, 0.05) is 11.3 Å². The van der Waals surface area contributed by atoms with Crippen molar-refractivity contribution >= 4 is 40.9 Å². The first-order chi connectivity index (χ1) is 21.2. The van der Waals surface area contributed by atoms with E-state index in [1.54, 1.807) is 60.7 Å². The number of amides is 3. The van der Waals surface area contributed by atoms with E-state index in [1.807, 2.05) is 13.0 Å². The van der Waals surface area contributed by atoms with Crippen molar-refractivity contribution in [3.8, 4) is 0 Å². The van der Waals surface area contributed by atoms with Gasteiger partial charge in [-0.15, -0.1) is 0 Å². The highest BCUT2D eigenvalue weighted by Gasteiger charge is 2.60. The van der Waals surface area contributed by atoms with Crippen LogP contribution >= 0.6 is 0 Å². The van der Waals surface area contributed by atoms with Crippen LogP contribution in [0.5, 0.6) is 0 Å². The zero-order valence-corrected chi connectivity index (χ0v) is 23.8. The quantitative estimate of drug-likeness (QED) is 0.245. The van der Waals surface area contributed by atoms with E-state index in [2.05, 4.69) is 10.3 Å². The lowest BCUT2D eigenvalue weighted by molar-refractivity contribution is -0.139. The topological polar surface area (TPSA) is 118 Å². The first kappa shape index (κ1) is 28.7. The number of carbonyl (C=O) groups is 4. The Morgan fingerprint density at radius 2 is 1.59 bits per heavy atom. The number of ether oxygens (including phenoxy) is 1. The molecule has 0 saturated carbocycles. The summed E-state index contributed by atoms with van der Waals surface area (Å²) in [6, 6.07) is 23.2. The van der Waals surface area contributed by atoms with Crippen molar-refractivity contribution in [2.24, 2.45) is 5.92 Å². The van der Waals surface area contributed by atoms with Crippen LogP contribution in [0.4, 0.5) is 21.6 Å². The Labute approximate surface area is 252 Å². The zero-order chi connectivity index (χ0) is 31.0. The fraction of sp³-hybridized carbons (Fsp3) is 0.182. The number of hydroxylamine groups is 1. The number of benzene rings is 3. The van der Waals surface area contributed by atoms with Gasteiger partial charge in [-0.05, 0) is 78.7 Å². The minimum Gasteiger partial charge on any atom is -0.469 e. The molecular weight excluding hydrogens is 567 g/mol. The molecule has 10 nitrogen and oxygen atoms in total. The van der Waals surface area contributed by atoms with Crippen LogP contribution in [0.1, 0.15) is 33.2 Å². The van der Waals surface area contributed by atoms with Crippen molar-refractivity contribution in [1.29, 1.82) is 0 Å². The first-order valence-corrected chi connectivity index (χ1v) is 13.8. The van der Waals surface area contributed by atoms with Crippen LogP contribution in [0.2, 0.25) is 0 Å². The highest BCUT2D eigenvalue weighted by atomic mass is 19.1. The molecule has 1 N–H and O–H groups in total. The number of nitrogens with zero attached hydrogens (tertiary/aromatic N) is 3. The average molecular weight is 595 g/mol. The van der Waals surface area contributed by atoms with E-state index in [1.165, 1.54) is 36.4 Å². The first-order valence-electron chi connectivity index (χ1n) is 13.8. The van der Waals surface area contributed by atoms with Crippen LogP contribution in [0.15, 0.2) is 91.0 Å². The van der Waals surface area contributed by atoms with E-state index >= 15 is 0 Å². The number of pyridine rings is 1. The molecule has 3 amide bonds. The summed E-state index contributed by atoms with van der Waals surface area (Å²) in [7, 11) is 1.30. The minimum atomic E-state index is -1.14. The summed E-state index contributed by atoms with van der Waals surface area (Å²) in [6.07, 6.45) is -1.08. The van der Waals surface area contributed by atoms with Gasteiger partial charge in [-0.2, -0.15) is 0 Å². The largest absolute Gasteiger partial charge is 0.469 e. The lowest BCUT2D eigenvalue weighted by Gasteiger charge is -2.29. The molecular formula is C33H27FN4O6. The third-order valence-corrected chi connectivity index (χ3v) is 7.61. The summed E-state index contributed by atoms with van der Waals surface area (Å²) in [5, 5.41) is 4.22. The zero-order valence-electron chi connectivity index (χ0n) is 23.8. The van der Waals surface area contributed by atoms with Crippen LogP contribution in [-0.4, -0.2) is 41.9 Å². The van der Waals surface area contributed by atoms with E-state index in [-0.39, 0.29) is 12.3 Å². The van der Waals surface area contributed by atoms with Crippen LogP contribution in [-0.2, 0) is 30.4 Å². The fourth-order valence-electron chi connectivity index (χ4n) is 5.45. The van der Waals surface area contributed by atoms with Gasteiger partial charge < -0.3 is 10.1 Å². The molecule has 3 atom stereocenters. The van der Waals surface area contributed by atoms with Gasteiger partial charge in [-0.1, -0.05) is 30.3 Å². The Bertz CT molecular complexity index is 1740. The van der Waals surface area contributed by atoms with Crippen LogP contribution in [0, 0.1) is 18.7 Å². The molecule has 2 aliphatic rings. The van der Waals surface area contributed by atoms with Gasteiger partial charge in [0.25, 0.3) is 11.8 Å². The highest BCUT2D eigenvalue weighted by molar-refractivity contribution is 6.24. The monoisotopic (exact) mass is 594 g/mol. The molecule has 3 heterocycles. The maximum Gasteiger partial charge on any atom is 0.309 e. The van der Waals surface area contributed by atoms with Gasteiger partial charge in [0.15, 0.2) is 6.10 Å². The summed E-state index contributed by atoms with van der Waals surface area (Å²) in [5.41, 5.74) is 3.20. The third-order valence-electron chi connectivity index (χ3n) is 7.61. The number of methoxy groups -OCH3 is 1. The Hall–Kier alpha value is -5.42. The van der Waals surface area contributed by atoms with Crippen LogP contribution < -0.4 is 15.3 Å². The van der Waals surface area contributed by atoms with Crippen molar-refractivity contribution in [1.82, 2.24) is 4.98 Å². The lowest BCUT2D eigenvalue weighted by atomic mass is 9.90. The van der Waals surface area contributed by atoms with Crippen molar-refractivity contribution in [3.05, 3.63) is 119 Å². The summed E-state index contributed by atoms with van der Waals surface area (Å²) < 4.78 is 18.5. The predicted molar refractivity (Wildman–Crippen MR) is 158 cm³/mol. The van der Waals surface area contributed by atoms with E-state index in [0.29, 0.717) is 33.9 Å². The number of imide groups is 1. The van der Waals surface area contributed by atoms with Gasteiger partial charge >= 0.3 is 5.97 Å². The number of hydrogen-bond donors (Lipinski definition) is 1. The SMILES string of the molecule is COC(=O)Cc1ccc(N2C(=O)[C@H]3[C@@H](c4ccc(C(=O)Nc5cccc(C)n5)cc4)N(c4ccc(F)cc4)O[C@H]3C2=O)cc1. The fourth-order valence-corrected chi connectivity index (χ4v) is 5.45. The van der Waals surface area contributed by atoms with Gasteiger partial charge in [-0.25, -0.2) is 19.3 Å². The summed E-state index contributed by atoms with van der Waals surface area (Å²) in [4.78, 5) is 63.6. The van der Waals surface area contributed by atoms with Gasteiger partial charge in [0.2, 0.25) is 5.91 Å². The number of aromatic nitrogens is 1. The number of aryl methyl sites for hydroxylation is 1. The molecule has 222 valence electrons. The summed E-state index contributed by atoms with van der Waals surface area (Å²) >= 11 is 0. The Morgan fingerprint density at radius 3 is 2.25 bits per heavy atom. The van der Waals surface area contributed by atoms with Gasteiger partial charge in [-0.3, -0.25) is 24.0 Å². The second-order valence-corrected chi connectivity index (χ2v) is 10.5. The number of fused-ring (bicyclic) bond motifs is 1. The Balaban J connectivity index is 1.30. The third kappa shape index (κ3) is 5.40. The molecule has 0 spiro atoms. The van der Waals surface area contributed by atoms with E-state index in [9.17, 15) is 23.6 Å². The molecule has 0 aliphatic carbocycles. The average Bonchev–Trinajstić information content (AvgIpc) is 3.53. The minimum absolute atomic E-state index is 0.0528. The maximum atomic E-state index is 13.9. The van der Waals surface area contributed by atoms with Gasteiger partial charge in [0.1, 0.15) is 17.6 Å². The molecule has 44 heavy (non-hydrogen) atoms. The number of carbonyl (C=O) groups excluding carboxylic acids is 4. The Morgan fingerprint density at radius 1 is 0.909 bits per heavy atom. The molecule has 0 unspecified atom stereocenters. The highest BCUT2D eigenvalue weighted by Crippen LogP contribution is 2.47. The van der Waals surface area contributed by atoms with Crippen molar-refractivity contribution in [2.75, 3.05) is 22.4 Å². The number of esters is 1. The molecule has 2 saturated heterocycles. The standard InChI is InChI=1S/C33H27FN4O6/c1-19-4-3-5-26(35-19)36-31(40)22-10-8-21(9-11-22)29-28-30(44-38(29)25-16-12-23(34)13-17-25)33(42)37(32(28)41)24-14-6-20(7-15-24)18-27(39)43-2/h3-17,28-30H,18H2,1-2H3,(H,35,36,40)/t28-,29+,30+/m0/s1. The molecule has 0 radical (unpaired) electrons. The van der Waals surface area contributed by atoms with E-state index < -0.39 is 41.7 Å². The molecule has 6 rings (SSSR count). The molecule has 11 heteroatoms. The molecule has 0 bridgehead atoms. The van der Waals surface area contributed by atoms with Gasteiger partial charge in [0.05, 0.1) is 30.9 Å². The maximum absolute atomic E-state index is 13.9. The molecule has 4 aromatic rings. The normalized spacial score (nSPS) is 19.2. The lowest BCUT2D eigenvalue weighted by Crippen LogP contribution is -2.37. The van der Waals surface area contributed by atoms with E-state index in [0.717, 1.165) is 10.6 Å². The van der Waals surface area contributed by atoms with Crippen molar-refractivity contribution < 1.29 is 33.1 Å². The molecule has 2 fully saturated rings. The molecule has 2 aliphatic heterocycles. The number of rotatable bonds is 7. The smallest absolute Gasteiger partial charge is 0.309 e. The Kier molecular flexibility index (Phi) is 7.62. The molecule has 1 aromatic heterocycles. The second-order valence-electron chi connectivity index (χ2n) is 10.5. The van der Waals surface area contributed by atoms with E-state index in [4.69, 9.17) is 9.57 Å².